The van der Waals surface area contributed by atoms with Gasteiger partial charge in [0.25, 0.3) is 0 Å². The van der Waals surface area contributed by atoms with Crippen molar-refractivity contribution in [2.75, 3.05) is 18.9 Å². The lowest BCUT2D eigenvalue weighted by atomic mass is 9.96. The zero-order valence-electron chi connectivity index (χ0n) is 11.1. The summed E-state index contributed by atoms with van der Waals surface area (Å²) >= 11 is 0. The topological polar surface area (TPSA) is 83.5 Å². The molecule has 0 fully saturated rings. The number of aliphatic hydroxyl groups excluding tert-OH is 1. The molecule has 0 unspecified atom stereocenters. The van der Waals surface area contributed by atoms with Crippen LogP contribution in [0.2, 0.25) is 0 Å². The second-order valence-corrected chi connectivity index (χ2v) is 7.00. The van der Waals surface area contributed by atoms with E-state index in [0.717, 1.165) is 0 Å². The zero-order valence-corrected chi connectivity index (χ0v) is 11.9. The number of aliphatic hydroxyl groups is 1. The minimum absolute atomic E-state index is 0.0912. The molecule has 1 aromatic rings. The van der Waals surface area contributed by atoms with E-state index in [0.29, 0.717) is 5.56 Å². The smallest absolute Gasteiger partial charge is 0.219 e. The van der Waals surface area contributed by atoms with Crippen molar-refractivity contribution in [1.82, 2.24) is 4.72 Å². The van der Waals surface area contributed by atoms with Crippen molar-refractivity contribution in [3.8, 4) is 0 Å². The molecule has 1 rings (SSSR count). The lowest BCUT2D eigenvalue weighted by Gasteiger charge is -2.21. The van der Waals surface area contributed by atoms with Crippen molar-refractivity contribution in [3.05, 3.63) is 35.9 Å². The third kappa shape index (κ3) is 5.50. The van der Waals surface area contributed by atoms with Gasteiger partial charge in [-0.3, -0.25) is 4.79 Å². The van der Waals surface area contributed by atoms with Crippen molar-refractivity contribution in [1.29, 1.82) is 0 Å². The molecule has 1 aromatic carbocycles. The van der Waals surface area contributed by atoms with Gasteiger partial charge in [0.1, 0.15) is 5.75 Å². The van der Waals surface area contributed by atoms with E-state index in [1.54, 1.807) is 44.2 Å². The first-order valence-electron chi connectivity index (χ1n) is 5.92. The molecule has 5 nitrogen and oxygen atoms in total. The van der Waals surface area contributed by atoms with E-state index in [4.69, 9.17) is 5.11 Å². The Labute approximate surface area is 113 Å². The van der Waals surface area contributed by atoms with Gasteiger partial charge in [-0.1, -0.05) is 44.2 Å². The number of rotatable bonds is 7. The van der Waals surface area contributed by atoms with Crippen molar-refractivity contribution in [3.63, 3.8) is 0 Å². The number of carbonyl (C=O) groups excluding carboxylic acids is 1. The van der Waals surface area contributed by atoms with Crippen molar-refractivity contribution in [2.24, 2.45) is 5.41 Å². The van der Waals surface area contributed by atoms with Gasteiger partial charge in [0.15, 0.2) is 5.78 Å². The fourth-order valence-electron chi connectivity index (χ4n) is 1.29. The highest BCUT2D eigenvalue weighted by Crippen LogP contribution is 2.12. The van der Waals surface area contributed by atoms with Crippen molar-refractivity contribution >= 4 is 15.8 Å². The normalized spacial score (nSPS) is 12.4. The number of benzene rings is 1. The molecular formula is C13H19NO4S. The summed E-state index contributed by atoms with van der Waals surface area (Å²) in [6, 6.07) is 8.28. The van der Waals surface area contributed by atoms with Crippen LogP contribution in [0.25, 0.3) is 0 Å². The fraction of sp³-hybridized carbons (Fsp3) is 0.462. The maximum Gasteiger partial charge on any atom is 0.219 e. The molecule has 0 radical (unpaired) electrons. The van der Waals surface area contributed by atoms with Gasteiger partial charge in [0.2, 0.25) is 10.0 Å². The minimum Gasteiger partial charge on any atom is -0.396 e. The second-order valence-electron chi connectivity index (χ2n) is 5.19. The van der Waals surface area contributed by atoms with Crippen LogP contribution >= 0.6 is 0 Å². The van der Waals surface area contributed by atoms with Crippen LogP contribution in [0.5, 0.6) is 0 Å². The molecule has 6 heteroatoms. The summed E-state index contributed by atoms with van der Waals surface area (Å²) < 4.78 is 25.9. The Morgan fingerprint density at radius 3 is 2.37 bits per heavy atom. The Hall–Kier alpha value is -1.24. The van der Waals surface area contributed by atoms with Crippen LogP contribution < -0.4 is 4.72 Å². The summed E-state index contributed by atoms with van der Waals surface area (Å²) in [7, 11) is -3.68. The third-order valence-corrected chi connectivity index (χ3v) is 3.84. The largest absolute Gasteiger partial charge is 0.396 e. The Bertz CT molecular complexity index is 523. The zero-order chi connectivity index (χ0) is 14.5. The second kappa shape index (κ2) is 6.27. The van der Waals surface area contributed by atoms with E-state index < -0.39 is 27.0 Å². The summed E-state index contributed by atoms with van der Waals surface area (Å²) in [5, 5.41) is 9.05. The standard InChI is InChI=1S/C13H19NO4S/c1-13(2,10-15)9-14-19(17,18)8-12(16)11-6-4-3-5-7-11/h3-7,14-15H,8-10H2,1-2H3. The van der Waals surface area contributed by atoms with Crippen LogP contribution in [0.4, 0.5) is 0 Å². The van der Waals surface area contributed by atoms with Gasteiger partial charge >= 0.3 is 0 Å². The Kier molecular flexibility index (Phi) is 5.22. The fourth-order valence-corrected chi connectivity index (χ4v) is 2.52. The number of nitrogens with one attached hydrogen (secondary N) is 1. The highest BCUT2D eigenvalue weighted by atomic mass is 32.2. The van der Waals surface area contributed by atoms with Crippen LogP contribution in [-0.4, -0.2) is 38.2 Å². The van der Waals surface area contributed by atoms with Gasteiger partial charge < -0.3 is 5.11 Å². The summed E-state index contributed by atoms with van der Waals surface area (Å²) in [6.07, 6.45) is 0. The van der Waals surface area contributed by atoms with Gasteiger partial charge in [-0.2, -0.15) is 0 Å². The number of ketones is 1. The number of hydrogen-bond acceptors (Lipinski definition) is 4. The maximum absolute atomic E-state index is 11.8. The van der Waals surface area contributed by atoms with Crippen LogP contribution in [0.3, 0.4) is 0 Å². The van der Waals surface area contributed by atoms with E-state index in [9.17, 15) is 13.2 Å². The van der Waals surface area contributed by atoms with Gasteiger partial charge in [-0.25, -0.2) is 13.1 Å². The predicted molar refractivity (Wildman–Crippen MR) is 73.4 cm³/mol. The van der Waals surface area contributed by atoms with E-state index in [2.05, 4.69) is 4.72 Å². The first-order valence-corrected chi connectivity index (χ1v) is 7.57. The number of Topliss-reactive ketones (excluding diaryl/α,β-unsaturated/α-hetero) is 1. The van der Waals surface area contributed by atoms with Crippen LogP contribution in [0.1, 0.15) is 24.2 Å². The molecule has 0 saturated heterocycles. The Morgan fingerprint density at radius 1 is 1.26 bits per heavy atom. The molecule has 0 aromatic heterocycles. The highest BCUT2D eigenvalue weighted by molar-refractivity contribution is 7.90. The SMILES string of the molecule is CC(C)(CO)CNS(=O)(=O)CC(=O)c1ccccc1. The molecule has 0 heterocycles. The molecule has 0 aliphatic heterocycles. The molecule has 0 spiro atoms. The monoisotopic (exact) mass is 285 g/mol. The molecule has 2 N–H and O–H groups in total. The van der Waals surface area contributed by atoms with Crippen molar-refractivity contribution in [2.45, 2.75) is 13.8 Å². The quantitative estimate of drug-likeness (QED) is 0.726. The van der Waals surface area contributed by atoms with Gasteiger partial charge in [0, 0.05) is 24.1 Å². The average Bonchev–Trinajstić information content (AvgIpc) is 2.37. The Morgan fingerprint density at radius 2 is 1.84 bits per heavy atom. The molecule has 0 amide bonds. The van der Waals surface area contributed by atoms with Crippen LogP contribution in [0, 0.1) is 5.41 Å². The molecule has 0 aliphatic rings. The summed E-state index contributed by atoms with van der Waals surface area (Å²) in [5.41, 5.74) is -0.183. The summed E-state index contributed by atoms with van der Waals surface area (Å²) in [4.78, 5) is 11.8. The van der Waals surface area contributed by atoms with E-state index in [1.807, 2.05) is 0 Å². The lowest BCUT2D eigenvalue weighted by Crippen LogP contribution is -2.38. The van der Waals surface area contributed by atoms with E-state index >= 15 is 0 Å². The van der Waals surface area contributed by atoms with E-state index in [-0.39, 0.29) is 13.2 Å². The average molecular weight is 285 g/mol. The molecule has 0 atom stereocenters. The van der Waals surface area contributed by atoms with Crippen molar-refractivity contribution < 1.29 is 18.3 Å². The van der Waals surface area contributed by atoms with Crippen LogP contribution in [0.15, 0.2) is 30.3 Å². The molecule has 19 heavy (non-hydrogen) atoms. The molecule has 0 bridgehead atoms. The van der Waals surface area contributed by atoms with Crippen LogP contribution in [-0.2, 0) is 10.0 Å². The van der Waals surface area contributed by atoms with Gasteiger partial charge in [0.05, 0.1) is 0 Å². The van der Waals surface area contributed by atoms with Gasteiger partial charge in [-0.05, 0) is 0 Å². The molecule has 0 aliphatic carbocycles. The minimum atomic E-state index is -3.68. The highest BCUT2D eigenvalue weighted by Gasteiger charge is 2.22. The van der Waals surface area contributed by atoms with E-state index in [1.165, 1.54) is 0 Å². The third-order valence-electron chi connectivity index (χ3n) is 2.62. The summed E-state index contributed by atoms with van der Waals surface area (Å²) in [5.74, 6) is -1.03. The number of carbonyl (C=O) groups is 1. The first kappa shape index (κ1) is 15.8. The molecular weight excluding hydrogens is 266 g/mol. The summed E-state index contributed by atoms with van der Waals surface area (Å²) in [6.45, 7) is 3.42. The molecule has 0 saturated carbocycles. The van der Waals surface area contributed by atoms with Gasteiger partial charge in [-0.15, -0.1) is 0 Å². The lowest BCUT2D eigenvalue weighted by molar-refractivity contribution is 0.102. The Balaban J connectivity index is 2.63. The number of sulfonamides is 1. The first-order chi connectivity index (χ1) is 8.76. The maximum atomic E-state index is 11.8. The predicted octanol–water partition coefficient (Wildman–Crippen LogP) is 0.807. The molecule has 106 valence electrons. The number of hydrogen-bond donors (Lipinski definition) is 2.